The van der Waals surface area contributed by atoms with Crippen LogP contribution in [0.5, 0.6) is 5.88 Å². The van der Waals surface area contributed by atoms with Gasteiger partial charge in [0.1, 0.15) is 22.9 Å². The van der Waals surface area contributed by atoms with Gasteiger partial charge in [-0.25, -0.2) is 4.68 Å². The lowest BCUT2D eigenvalue weighted by molar-refractivity contribution is -0.137. The summed E-state index contributed by atoms with van der Waals surface area (Å²) in [4.78, 5) is 0. The smallest absolute Gasteiger partial charge is 0.416 e. The second-order valence-electron chi connectivity index (χ2n) is 7.38. The number of para-hydroxylation sites is 1. The molecule has 0 aliphatic carbocycles. The van der Waals surface area contributed by atoms with Crippen LogP contribution in [0, 0.1) is 11.3 Å². The first-order valence-electron chi connectivity index (χ1n) is 9.58. The Bertz CT molecular complexity index is 1390. The number of nitrogens with two attached hydrogens (primary N) is 1. The van der Waals surface area contributed by atoms with Crippen LogP contribution < -0.4 is 10.5 Å². The summed E-state index contributed by atoms with van der Waals surface area (Å²) in [6.45, 7) is 0. The van der Waals surface area contributed by atoms with Gasteiger partial charge in [-0.05, 0) is 29.8 Å². The zero-order valence-corrected chi connectivity index (χ0v) is 16.6. The zero-order chi connectivity index (χ0) is 22.6. The molecule has 32 heavy (non-hydrogen) atoms. The number of allylic oxidation sites excluding steroid dienone is 1. The molecule has 1 atom stereocenters. The highest BCUT2D eigenvalue weighted by molar-refractivity contribution is 5.83. The van der Waals surface area contributed by atoms with Gasteiger partial charge in [0.05, 0.1) is 17.0 Å². The van der Waals surface area contributed by atoms with Crippen molar-refractivity contribution in [1.82, 2.24) is 9.78 Å². The number of benzene rings is 2. The molecule has 3 heterocycles. The number of rotatable bonds is 2. The molecule has 0 fully saturated rings. The Hall–Kier alpha value is -4.19. The van der Waals surface area contributed by atoms with Crippen LogP contribution in [0.2, 0.25) is 0 Å². The molecule has 1 aliphatic heterocycles. The zero-order valence-electron chi connectivity index (χ0n) is 16.6. The highest BCUT2D eigenvalue weighted by Crippen LogP contribution is 2.47. The summed E-state index contributed by atoms with van der Waals surface area (Å²) in [5.41, 5.74) is 7.32. The van der Waals surface area contributed by atoms with Crippen molar-refractivity contribution in [2.24, 2.45) is 12.8 Å². The number of aryl methyl sites for hydroxylation is 1. The summed E-state index contributed by atoms with van der Waals surface area (Å²) in [5, 5.41) is 15.2. The van der Waals surface area contributed by atoms with Crippen LogP contribution in [0.4, 0.5) is 13.2 Å². The van der Waals surface area contributed by atoms with Crippen molar-refractivity contribution >= 4 is 11.0 Å². The van der Waals surface area contributed by atoms with E-state index in [1.807, 2.05) is 36.4 Å². The number of fused-ring (bicyclic) bond motifs is 2. The average molecular weight is 436 g/mol. The Balaban J connectivity index is 1.72. The van der Waals surface area contributed by atoms with E-state index in [1.54, 1.807) is 7.05 Å². The molecule has 9 heteroatoms. The first-order valence-corrected chi connectivity index (χ1v) is 9.58. The Labute approximate surface area is 179 Å². The van der Waals surface area contributed by atoms with E-state index >= 15 is 0 Å². The largest absolute Gasteiger partial charge is 0.454 e. The first kappa shape index (κ1) is 19.8. The fourth-order valence-corrected chi connectivity index (χ4v) is 3.95. The molecule has 0 bridgehead atoms. The monoisotopic (exact) mass is 436 g/mol. The molecule has 4 aromatic rings. The molecular weight excluding hydrogens is 421 g/mol. The molecule has 2 aromatic heterocycles. The van der Waals surface area contributed by atoms with Crippen molar-refractivity contribution in [2.45, 2.75) is 12.1 Å². The number of hydrogen-bond donors (Lipinski definition) is 1. The standard InChI is InChI=1S/C23H15F3N4O2/c1-30-22-19(20(29-30)17-10-13-4-2-3-5-16(13)31-17)18(15(11-27)21(28)32-22)12-6-8-14(9-7-12)23(24,25)26/h2-10,18H,28H2,1H3. The second-order valence-corrected chi connectivity index (χ2v) is 7.38. The van der Waals surface area contributed by atoms with E-state index in [9.17, 15) is 18.4 Å². The van der Waals surface area contributed by atoms with Gasteiger partial charge in [-0.3, -0.25) is 0 Å². The predicted octanol–water partition coefficient (Wildman–Crippen LogP) is 5.07. The van der Waals surface area contributed by atoms with Gasteiger partial charge < -0.3 is 14.9 Å². The van der Waals surface area contributed by atoms with Gasteiger partial charge >= 0.3 is 6.18 Å². The quantitative estimate of drug-likeness (QED) is 0.474. The third kappa shape index (κ3) is 3.00. The van der Waals surface area contributed by atoms with Crippen LogP contribution in [0.3, 0.4) is 0 Å². The molecular formula is C23H15F3N4O2. The lowest BCUT2D eigenvalue weighted by Gasteiger charge is -2.24. The number of alkyl halides is 3. The maximum absolute atomic E-state index is 13.1. The Morgan fingerprint density at radius 1 is 1.12 bits per heavy atom. The third-order valence-corrected chi connectivity index (χ3v) is 5.43. The molecule has 2 N–H and O–H groups in total. The molecule has 0 radical (unpaired) electrons. The SMILES string of the molecule is Cn1nc(-c2cc3ccccc3o2)c2c1OC(N)=C(C#N)C2c1ccc(C(F)(F)F)cc1. The molecule has 1 aliphatic rings. The van der Waals surface area contributed by atoms with Crippen molar-refractivity contribution in [2.75, 3.05) is 0 Å². The maximum atomic E-state index is 13.1. The minimum atomic E-state index is -4.47. The molecule has 0 spiro atoms. The van der Waals surface area contributed by atoms with Crippen LogP contribution in [-0.2, 0) is 13.2 Å². The van der Waals surface area contributed by atoms with Crippen LogP contribution in [0.1, 0.15) is 22.6 Å². The van der Waals surface area contributed by atoms with Crippen molar-refractivity contribution in [3.05, 3.63) is 82.7 Å². The maximum Gasteiger partial charge on any atom is 0.416 e. The highest BCUT2D eigenvalue weighted by atomic mass is 19.4. The van der Waals surface area contributed by atoms with E-state index in [-0.39, 0.29) is 11.5 Å². The Morgan fingerprint density at radius 3 is 2.50 bits per heavy atom. The number of ether oxygens (including phenoxy) is 1. The molecule has 2 aromatic carbocycles. The normalized spacial score (nSPS) is 16.0. The van der Waals surface area contributed by atoms with Gasteiger partial charge in [-0.15, -0.1) is 0 Å². The van der Waals surface area contributed by atoms with Gasteiger partial charge in [-0.1, -0.05) is 30.3 Å². The first-order chi connectivity index (χ1) is 15.3. The second kappa shape index (κ2) is 6.92. The molecule has 6 nitrogen and oxygen atoms in total. The summed E-state index contributed by atoms with van der Waals surface area (Å²) in [6, 6.07) is 15.9. The van der Waals surface area contributed by atoms with Crippen LogP contribution in [0.15, 0.2) is 70.5 Å². The predicted molar refractivity (Wildman–Crippen MR) is 109 cm³/mol. The number of hydrogen-bond acceptors (Lipinski definition) is 5. The molecule has 1 unspecified atom stereocenters. The molecule has 0 amide bonds. The van der Waals surface area contributed by atoms with Gasteiger partial charge in [0.25, 0.3) is 0 Å². The molecule has 0 saturated heterocycles. The topological polar surface area (TPSA) is 90.0 Å². The summed E-state index contributed by atoms with van der Waals surface area (Å²) in [6.07, 6.45) is -4.47. The van der Waals surface area contributed by atoms with E-state index in [2.05, 4.69) is 5.10 Å². The van der Waals surface area contributed by atoms with E-state index in [0.717, 1.165) is 17.5 Å². The van der Waals surface area contributed by atoms with E-state index in [4.69, 9.17) is 14.9 Å². The Morgan fingerprint density at radius 2 is 1.84 bits per heavy atom. The van der Waals surface area contributed by atoms with Gasteiger partial charge in [-0.2, -0.15) is 23.5 Å². The number of nitriles is 1. The number of halogens is 3. The molecule has 160 valence electrons. The van der Waals surface area contributed by atoms with E-state index in [0.29, 0.717) is 34.0 Å². The fraction of sp³-hybridized carbons (Fsp3) is 0.130. The summed E-state index contributed by atoms with van der Waals surface area (Å²) in [7, 11) is 1.65. The number of aromatic nitrogens is 2. The Kier molecular flexibility index (Phi) is 4.27. The lowest BCUT2D eigenvalue weighted by Crippen LogP contribution is -2.22. The van der Waals surface area contributed by atoms with E-state index in [1.165, 1.54) is 16.8 Å². The third-order valence-electron chi connectivity index (χ3n) is 5.43. The minimum absolute atomic E-state index is 0.0858. The van der Waals surface area contributed by atoms with Gasteiger partial charge in [0.15, 0.2) is 5.76 Å². The minimum Gasteiger partial charge on any atom is -0.454 e. The summed E-state index contributed by atoms with van der Waals surface area (Å²) >= 11 is 0. The van der Waals surface area contributed by atoms with E-state index < -0.39 is 17.7 Å². The fourth-order valence-electron chi connectivity index (χ4n) is 3.95. The number of furan rings is 1. The van der Waals surface area contributed by atoms with Crippen molar-refractivity contribution in [3.8, 4) is 23.4 Å². The van der Waals surface area contributed by atoms with Gasteiger partial charge in [0, 0.05) is 12.4 Å². The summed E-state index contributed by atoms with van der Waals surface area (Å²) < 4.78 is 52.3. The van der Waals surface area contributed by atoms with Crippen LogP contribution in [-0.4, -0.2) is 9.78 Å². The average Bonchev–Trinajstić information content (AvgIpc) is 3.33. The molecule has 0 saturated carbocycles. The number of nitrogens with zero attached hydrogens (tertiary/aromatic N) is 3. The van der Waals surface area contributed by atoms with Crippen molar-refractivity contribution < 1.29 is 22.3 Å². The summed E-state index contributed by atoms with van der Waals surface area (Å²) in [5.74, 6) is -0.157. The van der Waals surface area contributed by atoms with Crippen molar-refractivity contribution in [3.63, 3.8) is 0 Å². The lowest BCUT2D eigenvalue weighted by atomic mass is 9.83. The van der Waals surface area contributed by atoms with Gasteiger partial charge in [0.2, 0.25) is 11.8 Å². The van der Waals surface area contributed by atoms with Crippen molar-refractivity contribution in [1.29, 1.82) is 5.26 Å². The molecule has 5 rings (SSSR count). The van der Waals surface area contributed by atoms with Crippen LogP contribution in [0.25, 0.3) is 22.4 Å². The van der Waals surface area contributed by atoms with Crippen LogP contribution >= 0.6 is 0 Å². The highest BCUT2D eigenvalue weighted by Gasteiger charge is 2.38.